The fraction of sp³-hybridized carbons (Fsp3) is 0.455. The van der Waals surface area contributed by atoms with Crippen molar-refractivity contribution in [2.75, 3.05) is 5.73 Å². The average Bonchev–Trinajstić information content (AvgIpc) is 3.06. The smallest absolute Gasteiger partial charge is 0.222 e. The molecule has 0 bridgehead atoms. The number of rotatable bonds is 4. The van der Waals surface area contributed by atoms with Crippen molar-refractivity contribution < 1.29 is 4.79 Å². The molecule has 1 saturated carbocycles. The third-order valence-corrected chi connectivity index (χ3v) is 2.95. The van der Waals surface area contributed by atoms with Gasteiger partial charge in [-0.3, -0.25) is 4.79 Å². The first-order valence-corrected chi connectivity index (χ1v) is 5.94. The number of nitrogens with two attached hydrogens (primary N) is 1. The van der Waals surface area contributed by atoms with Gasteiger partial charge in [0.15, 0.2) is 11.5 Å². The fourth-order valence-electron chi connectivity index (χ4n) is 1.81. The van der Waals surface area contributed by atoms with Gasteiger partial charge in [-0.2, -0.15) is 0 Å². The van der Waals surface area contributed by atoms with Crippen LogP contribution in [0, 0.1) is 0 Å². The number of hydrogen-bond donors (Lipinski definition) is 2. The topological polar surface area (TPSA) is 98.7 Å². The monoisotopic (exact) mass is 246 g/mol. The Labute approximate surface area is 103 Å². The zero-order chi connectivity index (χ0) is 12.5. The lowest BCUT2D eigenvalue weighted by molar-refractivity contribution is -0.121. The predicted octanol–water partition coefficient (Wildman–Crippen LogP) is 0.0772. The lowest BCUT2D eigenvalue weighted by Crippen LogP contribution is -2.26. The zero-order valence-electron chi connectivity index (χ0n) is 9.83. The Morgan fingerprint density at radius 1 is 1.44 bits per heavy atom. The molecule has 0 aliphatic heterocycles. The highest BCUT2D eigenvalue weighted by Crippen LogP contribution is 2.19. The number of nitrogen functional groups attached to an aromatic ring is 1. The minimum Gasteiger partial charge on any atom is -0.382 e. The van der Waals surface area contributed by atoms with Crippen molar-refractivity contribution in [3.8, 4) is 0 Å². The Bertz CT molecular complexity index is 588. The van der Waals surface area contributed by atoms with Crippen LogP contribution in [0.15, 0.2) is 12.7 Å². The summed E-state index contributed by atoms with van der Waals surface area (Å²) in [6.45, 7) is 0.547. The van der Waals surface area contributed by atoms with Gasteiger partial charge >= 0.3 is 0 Å². The standard InChI is InChI=1S/C11H14N6O/c12-10-9-11(14-5-13-10)17(6-15-9)4-3-8(18)16-7-1-2-7/h5-7H,1-4H2,(H,16,18)(H2,12,13,14). The van der Waals surface area contributed by atoms with Gasteiger partial charge in [-0.25, -0.2) is 15.0 Å². The van der Waals surface area contributed by atoms with Crippen molar-refractivity contribution in [3.05, 3.63) is 12.7 Å². The summed E-state index contributed by atoms with van der Waals surface area (Å²) in [6, 6.07) is 0.398. The van der Waals surface area contributed by atoms with E-state index in [4.69, 9.17) is 5.73 Å². The first-order chi connectivity index (χ1) is 8.74. The summed E-state index contributed by atoms with van der Waals surface area (Å²) in [5.74, 6) is 0.433. The normalized spacial score (nSPS) is 14.9. The molecule has 2 aromatic rings. The fourth-order valence-corrected chi connectivity index (χ4v) is 1.81. The van der Waals surface area contributed by atoms with Crippen LogP contribution in [0.2, 0.25) is 0 Å². The molecule has 0 aromatic carbocycles. The number of fused-ring (bicyclic) bond motifs is 1. The van der Waals surface area contributed by atoms with Gasteiger partial charge in [0.1, 0.15) is 11.8 Å². The predicted molar refractivity (Wildman–Crippen MR) is 65.5 cm³/mol. The van der Waals surface area contributed by atoms with Gasteiger partial charge < -0.3 is 15.6 Å². The summed E-state index contributed by atoms with van der Waals surface area (Å²) < 4.78 is 1.82. The van der Waals surface area contributed by atoms with Crippen molar-refractivity contribution in [1.29, 1.82) is 0 Å². The zero-order valence-corrected chi connectivity index (χ0v) is 9.83. The van der Waals surface area contributed by atoms with Crippen LogP contribution in [-0.2, 0) is 11.3 Å². The Balaban J connectivity index is 1.70. The van der Waals surface area contributed by atoms with Crippen LogP contribution in [0.5, 0.6) is 0 Å². The van der Waals surface area contributed by atoms with E-state index in [1.54, 1.807) is 6.33 Å². The van der Waals surface area contributed by atoms with Gasteiger partial charge in [-0.05, 0) is 12.8 Å². The van der Waals surface area contributed by atoms with Crippen LogP contribution >= 0.6 is 0 Å². The van der Waals surface area contributed by atoms with Crippen molar-refractivity contribution in [1.82, 2.24) is 24.8 Å². The molecule has 1 aliphatic rings. The second kappa shape index (κ2) is 4.25. The van der Waals surface area contributed by atoms with E-state index in [0.29, 0.717) is 36.0 Å². The van der Waals surface area contributed by atoms with Crippen molar-refractivity contribution in [2.45, 2.75) is 31.8 Å². The molecule has 1 fully saturated rings. The summed E-state index contributed by atoms with van der Waals surface area (Å²) in [7, 11) is 0. The number of imidazole rings is 1. The minimum absolute atomic E-state index is 0.0707. The summed E-state index contributed by atoms with van der Waals surface area (Å²) in [4.78, 5) is 23.7. The molecule has 0 radical (unpaired) electrons. The Kier molecular flexibility index (Phi) is 2.58. The van der Waals surface area contributed by atoms with Crippen molar-refractivity contribution in [2.24, 2.45) is 0 Å². The molecular formula is C11H14N6O. The van der Waals surface area contributed by atoms with Gasteiger partial charge in [-0.15, -0.1) is 0 Å². The second-order valence-electron chi connectivity index (χ2n) is 4.46. The second-order valence-corrected chi connectivity index (χ2v) is 4.46. The number of nitrogens with zero attached hydrogens (tertiary/aromatic N) is 4. The highest BCUT2D eigenvalue weighted by atomic mass is 16.1. The lowest BCUT2D eigenvalue weighted by Gasteiger charge is -2.04. The molecule has 0 unspecified atom stereocenters. The third kappa shape index (κ3) is 2.11. The number of aromatic nitrogens is 4. The average molecular weight is 246 g/mol. The Morgan fingerprint density at radius 2 is 2.28 bits per heavy atom. The molecule has 1 aliphatic carbocycles. The molecule has 0 saturated heterocycles. The maximum absolute atomic E-state index is 11.6. The number of hydrogen-bond acceptors (Lipinski definition) is 5. The summed E-state index contributed by atoms with van der Waals surface area (Å²) in [5, 5.41) is 2.95. The molecule has 7 nitrogen and oxygen atoms in total. The first kappa shape index (κ1) is 10.9. The summed E-state index contributed by atoms with van der Waals surface area (Å²) in [5.41, 5.74) is 6.95. The van der Waals surface area contributed by atoms with Crippen LogP contribution in [0.4, 0.5) is 5.82 Å². The number of aryl methyl sites for hydroxylation is 1. The molecule has 18 heavy (non-hydrogen) atoms. The van der Waals surface area contributed by atoms with Gasteiger partial charge in [0.25, 0.3) is 0 Å². The highest BCUT2D eigenvalue weighted by molar-refractivity contribution is 5.81. The molecule has 3 N–H and O–H groups in total. The molecule has 1 amide bonds. The number of amides is 1. The van der Waals surface area contributed by atoms with Crippen LogP contribution in [0.25, 0.3) is 11.2 Å². The van der Waals surface area contributed by atoms with E-state index in [-0.39, 0.29) is 5.91 Å². The van der Waals surface area contributed by atoms with Crippen molar-refractivity contribution in [3.63, 3.8) is 0 Å². The summed E-state index contributed by atoms with van der Waals surface area (Å²) >= 11 is 0. The molecule has 7 heteroatoms. The van der Waals surface area contributed by atoms with E-state index in [1.807, 2.05) is 4.57 Å². The van der Waals surface area contributed by atoms with Gasteiger partial charge in [0.05, 0.1) is 6.33 Å². The molecule has 3 rings (SSSR count). The number of carbonyl (C=O) groups is 1. The molecule has 0 atom stereocenters. The SMILES string of the molecule is Nc1ncnc2c1ncn2CCC(=O)NC1CC1. The maximum atomic E-state index is 11.6. The van der Waals surface area contributed by atoms with E-state index in [9.17, 15) is 4.79 Å². The maximum Gasteiger partial charge on any atom is 0.222 e. The first-order valence-electron chi connectivity index (χ1n) is 5.94. The quantitative estimate of drug-likeness (QED) is 0.795. The van der Waals surface area contributed by atoms with E-state index >= 15 is 0 Å². The third-order valence-electron chi connectivity index (χ3n) is 2.95. The number of anilines is 1. The number of carbonyl (C=O) groups excluding carboxylic acids is 1. The molecule has 0 spiro atoms. The van der Waals surface area contributed by atoms with Gasteiger partial charge in [0, 0.05) is 19.0 Å². The van der Waals surface area contributed by atoms with E-state index in [1.165, 1.54) is 6.33 Å². The number of nitrogens with one attached hydrogen (secondary N) is 1. The minimum atomic E-state index is 0.0707. The van der Waals surface area contributed by atoms with Crippen LogP contribution in [0.3, 0.4) is 0 Å². The Hall–Kier alpha value is -2.18. The summed E-state index contributed by atoms with van der Waals surface area (Å²) in [6.07, 6.45) is 5.67. The van der Waals surface area contributed by atoms with Crippen LogP contribution in [-0.4, -0.2) is 31.5 Å². The van der Waals surface area contributed by atoms with E-state index in [0.717, 1.165) is 12.8 Å². The van der Waals surface area contributed by atoms with Crippen LogP contribution in [0.1, 0.15) is 19.3 Å². The van der Waals surface area contributed by atoms with Gasteiger partial charge in [0.2, 0.25) is 5.91 Å². The Morgan fingerprint density at radius 3 is 3.06 bits per heavy atom. The molecule has 2 heterocycles. The molecule has 94 valence electrons. The van der Waals surface area contributed by atoms with Gasteiger partial charge in [-0.1, -0.05) is 0 Å². The molecular weight excluding hydrogens is 232 g/mol. The van der Waals surface area contributed by atoms with E-state index in [2.05, 4.69) is 20.3 Å². The van der Waals surface area contributed by atoms with Crippen LogP contribution < -0.4 is 11.1 Å². The van der Waals surface area contributed by atoms with Crippen molar-refractivity contribution >= 4 is 22.9 Å². The highest BCUT2D eigenvalue weighted by Gasteiger charge is 2.22. The largest absolute Gasteiger partial charge is 0.382 e. The lowest BCUT2D eigenvalue weighted by atomic mass is 10.4. The molecule has 2 aromatic heterocycles. The van der Waals surface area contributed by atoms with E-state index < -0.39 is 0 Å².